The third-order valence-corrected chi connectivity index (χ3v) is 6.06. The molecule has 0 atom stereocenters. The van der Waals surface area contributed by atoms with Gasteiger partial charge in [0.1, 0.15) is 24.1 Å². The van der Waals surface area contributed by atoms with E-state index in [1.54, 1.807) is 15.8 Å². The molecule has 2 aliphatic rings. The average molecular weight is 467 g/mol. The molecule has 0 fully saturated rings. The van der Waals surface area contributed by atoms with Crippen molar-refractivity contribution in [2.24, 2.45) is 12.1 Å². The average Bonchev–Trinajstić information content (AvgIpc) is 3.45. The maximum Gasteiger partial charge on any atom is 0.260 e. The highest BCUT2D eigenvalue weighted by Gasteiger charge is 2.33. The quantitative estimate of drug-likeness (QED) is 0.530. The summed E-state index contributed by atoms with van der Waals surface area (Å²) in [5, 5.41) is 22.4. The van der Waals surface area contributed by atoms with Gasteiger partial charge in [-0.25, -0.2) is 4.98 Å². The van der Waals surface area contributed by atoms with E-state index in [1.165, 1.54) is 12.1 Å². The minimum Gasteiger partial charge on any atom is -0.508 e. The number of carbonyl (C=O) groups excluding carboxylic acids is 1. The van der Waals surface area contributed by atoms with Gasteiger partial charge in [0, 0.05) is 31.8 Å². The second-order valence-electron chi connectivity index (χ2n) is 7.95. The number of phenols is 1. The van der Waals surface area contributed by atoms with E-state index in [9.17, 15) is 9.90 Å². The normalized spacial score (nSPS) is 15.0. The number of nitrogens with zero attached hydrogens (tertiary/aromatic N) is 6. The highest BCUT2D eigenvalue weighted by molar-refractivity contribution is 6.32. The molecule has 0 bridgehead atoms. The number of amidine groups is 1. The van der Waals surface area contributed by atoms with E-state index in [0.29, 0.717) is 41.0 Å². The van der Waals surface area contributed by atoms with Crippen molar-refractivity contribution in [2.45, 2.75) is 13.5 Å². The Hall–Kier alpha value is -3.79. The van der Waals surface area contributed by atoms with Gasteiger partial charge < -0.3 is 15.3 Å². The lowest BCUT2D eigenvalue weighted by atomic mass is 10.1. The molecule has 170 valence electrons. The lowest BCUT2D eigenvalue weighted by Crippen LogP contribution is -2.26. The summed E-state index contributed by atoms with van der Waals surface area (Å²) in [6.45, 7) is 3.53. The number of hydrogen-bond donors (Lipinski definition) is 3. The van der Waals surface area contributed by atoms with Crippen LogP contribution in [0.15, 0.2) is 35.6 Å². The van der Waals surface area contributed by atoms with Crippen molar-refractivity contribution >= 4 is 35.0 Å². The molecular formula is C22H23ClN8O2. The van der Waals surface area contributed by atoms with Gasteiger partial charge >= 0.3 is 0 Å². The number of aryl methyl sites for hydroxylation is 1. The van der Waals surface area contributed by atoms with Gasteiger partial charge in [-0.2, -0.15) is 10.2 Å². The number of halogens is 1. The number of hydrogen-bond acceptors (Lipinski definition) is 8. The Bertz CT molecular complexity index is 1300. The van der Waals surface area contributed by atoms with E-state index >= 15 is 0 Å². The Morgan fingerprint density at radius 3 is 2.76 bits per heavy atom. The lowest BCUT2D eigenvalue weighted by molar-refractivity contribution is 0.0995. The van der Waals surface area contributed by atoms with Crippen LogP contribution in [0.4, 0.5) is 11.6 Å². The van der Waals surface area contributed by atoms with E-state index in [-0.39, 0.29) is 18.2 Å². The fourth-order valence-electron chi connectivity index (χ4n) is 4.18. The predicted molar refractivity (Wildman–Crippen MR) is 127 cm³/mol. The van der Waals surface area contributed by atoms with Gasteiger partial charge in [-0.3, -0.25) is 19.8 Å². The number of aromatic nitrogens is 3. The number of carbonyl (C=O) groups is 1. The first-order valence-electron chi connectivity index (χ1n) is 10.5. The van der Waals surface area contributed by atoms with E-state index in [0.717, 1.165) is 22.7 Å². The fourth-order valence-corrected chi connectivity index (χ4v) is 4.46. The van der Waals surface area contributed by atoms with Gasteiger partial charge in [0.05, 0.1) is 34.6 Å². The number of aromatic hydroxyl groups is 1. The van der Waals surface area contributed by atoms with Crippen molar-refractivity contribution in [3.63, 3.8) is 0 Å². The summed E-state index contributed by atoms with van der Waals surface area (Å²) in [6, 6.07) is 6.68. The van der Waals surface area contributed by atoms with Crippen LogP contribution in [0, 0.1) is 0 Å². The smallest absolute Gasteiger partial charge is 0.260 e. The van der Waals surface area contributed by atoms with E-state index in [2.05, 4.69) is 25.9 Å². The van der Waals surface area contributed by atoms with Crippen molar-refractivity contribution in [3.8, 4) is 17.0 Å². The minimum absolute atomic E-state index is 0.0430. The molecule has 0 saturated heterocycles. The molecule has 0 spiro atoms. The first-order valence-corrected chi connectivity index (χ1v) is 10.9. The molecule has 10 nitrogen and oxygen atoms in total. The molecule has 1 aromatic carbocycles. The molecule has 0 unspecified atom stereocenters. The molecule has 0 saturated carbocycles. The van der Waals surface area contributed by atoms with Crippen LogP contribution in [-0.2, 0) is 13.6 Å². The zero-order valence-corrected chi connectivity index (χ0v) is 19.2. The van der Waals surface area contributed by atoms with E-state index < -0.39 is 0 Å². The Balaban J connectivity index is 1.62. The first-order chi connectivity index (χ1) is 15.9. The van der Waals surface area contributed by atoms with Crippen molar-refractivity contribution in [2.75, 3.05) is 30.5 Å². The molecule has 4 heterocycles. The number of phenolic OH excluding ortho intramolecular Hbond substituents is 1. The van der Waals surface area contributed by atoms with Gasteiger partial charge in [-0.15, -0.1) is 0 Å². The summed E-state index contributed by atoms with van der Waals surface area (Å²) < 4.78 is 1.79. The largest absolute Gasteiger partial charge is 0.508 e. The summed E-state index contributed by atoms with van der Waals surface area (Å²) >= 11 is 6.31. The third kappa shape index (κ3) is 3.52. The molecule has 2 aromatic heterocycles. The standard InChI is InChI=1S/C22H23ClN8O2/c1-4-24-18-5-12(20-15(9-26-30(20)3)21-28-25-11-29(21)2)6-19(27-18)31-10-16-14(22(31)33)7-13(32)8-17(16)23/h5-9,25,32H,4,10-11H2,1-3H3,(H,24,27). The summed E-state index contributed by atoms with van der Waals surface area (Å²) in [5.74, 6) is 1.60. The Morgan fingerprint density at radius 1 is 1.21 bits per heavy atom. The summed E-state index contributed by atoms with van der Waals surface area (Å²) in [5.41, 5.74) is 6.60. The highest BCUT2D eigenvalue weighted by atomic mass is 35.5. The topological polar surface area (TPSA) is 111 Å². The summed E-state index contributed by atoms with van der Waals surface area (Å²) in [4.78, 5) is 21.4. The van der Waals surface area contributed by atoms with Crippen LogP contribution in [0.3, 0.4) is 0 Å². The number of fused-ring (bicyclic) bond motifs is 1. The Kier molecular flexibility index (Phi) is 5.09. The van der Waals surface area contributed by atoms with Crippen LogP contribution >= 0.6 is 11.6 Å². The zero-order valence-electron chi connectivity index (χ0n) is 18.4. The minimum atomic E-state index is -0.260. The first kappa shape index (κ1) is 21.1. The van der Waals surface area contributed by atoms with Crippen molar-refractivity contribution in [1.29, 1.82) is 0 Å². The van der Waals surface area contributed by atoms with E-state index in [1.807, 2.05) is 38.1 Å². The van der Waals surface area contributed by atoms with Crippen molar-refractivity contribution in [1.82, 2.24) is 25.1 Å². The Morgan fingerprint density at radius 2 is 2.03 bits per heavy atom. The second-order valence-corrected chi connectivity index (χ2v) is 8.36. The molecule has 33 heavy (non-hydrogen) atoms. The van der Waals surface area contributed by atoms with Crippen LogP contribution in [0.2, 0.25) is 5.02 Å². The lowest BCUT2D eigenvalue weighted by Gasteiger charge is -2.19. The number of hydrazone groups is 1. The molecule has 1 amide bonds. The monoisotopic (exact) mass is 466 g/mol. The van der Waals surface area contributed by atoms with Crippen LogP contribution < -0.4 is 15.6 Å². The second kappa shape index (κ2) is 7.96. The molecule has 0 aliphatic carbocycles. The van der Waals surface area contributed by atoms with Crippen LogP contribution in [0.1, 0.15) is 28.4 Å². The summed E-state index contributed by atoms with van der Waals surface area (Å²) in [7, 11) is 3.82. The van der Waals surface area contributed by atoms with Gasteiger partial charge in [0.25, 0.3) is 5.91 Å². The van der Waals surface area contributed by atoms with Gasteiger partial charge in [0.15, 0.2) is 5.84 Å². The molecule has 5 rings (SSSR count). The summed E-state index contributed by atoms with van der Waals surface area (Å²) in [6.07, 6.45) is 1.78. The molecule has 3 aromatic rings. The van der Waals surface area contributed by atoms with Gasteiger partial charge in [-0.1, -0.05) is 11.6 Å². The molecule has 0 radical (unpaired) electrons. The fraction of sp³-hybridized carbons (Fsp3) is 0.273. The predicted octanol–water partition coefficient (Wildman–Crippen LogP) is 2.59. The van der Waals surface area contributed by atoms with Gasteiger partial charge in [0.2, 0.25) is 0 Å². The van der Waals surface area contributed by atoms with Crippen molar-refractivity contribution < 1.29 is 9.90 Å². The zero-order chi connectivity index (χ0) is 23.3. The number of anilines is 2. The molecule has 11 heteroatoms. The maximum absolute atomic E-state index is 13.2. The Labute approximate surface area is 195 Å². The van der Waals surface area contributed by atoms with Crippen molar-refractivity contribution in [3.05, 3.63) is 52.2 Å². The number of rotatable bonds is 5. The maximum atomic E-state index is 13.2. The number of nitrogens with one attached hydrogen (secondary N) is 2. The number of benzene rings is 1. The molecule has 2 aliphatic heterocycles. The van der Waals surface area contributed by atoms with Crippen LogP contribution in [0.25, 0.3) is 11.3 Å². The van der Waals surface area contributed by atoms with Crippen LogP contribution in [-0.4, -0.2) is 56.8 Å². The number of amides is 1. The van der Waals surface area contributed by atoms with Crippen LogP contribution in [0.5, 0.6) is 5.75 Å². The third-order valence-electron chi connectivity index (χ3n) is 5.73. The van der Waals surface area contributed by atoms with Gasteiger partial charge in [-0.05, 0) is 31.2 Å². The molecular weight excluding hydrogens is 444 g/mol. The number of pyridine rings is 1. The molecule has 3 N–H and O–H groups in total. The highest BCUT2D eigenvalue weighted by Crippen LogP contribution is 2.37. The van der Waals surface area contributed by atoms with E-state index in [4.69, 9.17) is 11.6 Å². The SMILES string of the molecule is CCNc1cc(-c2c(C3=NNCN3C)cnn2C)cc(N2Cc3c(Cl)cc(O)cc3C2=O)n1.